The van der Waals surface area contributed by atoms with Gasteiger partial charge in [0.25, 0.3) is 0 Å². The number of carboxylic acid groups (broad SMARTS) is 1. The molecule has 6 nitrogen and oxygen atoms in total. The topological polar surface area (TPSA) is 127 Å². The number of halogens is 4. The van der Waals surface area contributed by atoms with Gasteiger partial charge in [0.15, 0.2) is 5.75 Å². The minimum absolute atomic E-state index is 0. The number of phenols is 1. The van der Waals surface area contributed by atoms with Crippen LogP contribution in [0.2, 0.25) is 0 Å². The van der Waals surface area contributed by atoms with Crippen LogP contribution in [0.15, 0.2) is 24.3 Å². The second kappa shape index (κ2) is 12.1. The Morgan fingerprint density at radius 2 is 1.54 bits per heavy atom. The summed E-state index contributed by atoms with van der Waals surface area (Å²) in [6.07, 6.45) is 0.198. The summed E-state index contributed by atoms with van der Waals surface area (Å²) < 4.78 is 9.07. The van der Waals surface area contributed by atoms with E-state index in [4.69, 9.17) is 10.5 Å². The number of rotatable bonds is 5. The number of carbonyl (C=O) groups is 1. The van der Waals surface area contributed by atoms with Crippen molar-refractivity contribution in [1.29, 1.82) is 0 Å². The van der Waals surface area contributed by atoms with E-state index in [2.05, 4.69) is 45.2 Å². The average molecular weight is 817 g/mol. The van der Waals surface area contributed by atoms with Crippen LogP contribution in [0.4, 0.5) is 0 Å². The Bertz CT molecular complexity index is 760. The molecule has 0 radical (unpaired) electrons. The molecule has 2 aromatic rings. The van der Waals surface area contributed by atoms with Crippen molar-refractivity contribution in [3.8, 4) is 17.2 Å². The molecule has 0 heterocycles. The van der Waals surface area contributed by atoms with Crippen molar-refractivity contribution < 1.29 is 54.8 Å². The van der Waals surface area contributed by atoms with Gasteiger partial charge in [0, 0.05) is 6.04 Å². The van der Waals surface area contributed by atoms with E-state index < -0.39 is 12.0 Å². The molecule has 0 amide bonds. The Hall–Kier alpha value is 1.35. The van der Waals surface area contributed by atoms with E-state index in [9.17, 15) is 15.0 Å². The Balaban J connectivity index is 0.00000312. The van der Waals surface area contributed by atoms with Crippen LogP contribution in [0.3, 0.4) is 0 Å². The van der Waals surface area contributed by atoms with E-state index in [1.165, 1.54) is 0 Å². The van der Waals surface area contributed by atoms with Gasteiger partial charge < -0.3 is 31.0 Å². The number of carboxylic acids is 1. The van der Waals surface area contributed by atoms with Gasteiger partial charge in [-0.15, -0.1) is 0 Å². The molecule has 1 unspecified atom stereocenters. The first-order valence-electron chi connectivity index (χ1n) is 6.49. The van der Waals surface area contributed by atoms with Crippen molar-refractivity contribution in [3.05, 3.63) is 44.1 Å². The third-order valence-electron chi connectivity index (χ3n) is 3.03. The number of ether oxygens (including phenoxy) is 1. The summed E-state index contributed by atoms with van der Waals surface area (Å²) in [7, 11) is 0. The molecule has 1 atom stereocenters. The van der Waals surface area contributed by atoms with Crippen LogP contribution in [0.5, 0.6) is 17.2 Å². The van der Waals surface area contributed by atoms with Gasteiger partial charge in [-0.3, -0.25) is 0 Å². The maximum Gasteiger partial charge on any atom is 1.00 e. The van der Waals surface area contributed by atoms with Crippen LogP contribution in [0.1, 0.15) is 5.56 Å². The van der Waals surface area contributed by atoms with E-state index >= 15 is 0 Å². The quantitative estimate of drug-likeness (QED) is 0.309. The number of hydrogen-bond donors (Lipinski definition) is 2. The molecular weight excluding hydrogens is 805 g/mol. The third-order valence-corrected chi connectivity index (χ3v) is 6.27. The third kappa shape index (κ3) is 7.31. The summed E-state index contributed by atoms with van der Waals surface area (Å²) in [6, 6.07) is 6.16. The smallest absolute Gasteiger partial charge is 0.548 e. The van der Waals surface area contributed by atoms with Crippen LogP contribution in [0, 0.1) is 14.3 Å². The second-order valence-corrected chi connectivity index (χ2v) is 9.50. The number of benzene rings is 2. The molecular formula is C15H12I4NNaO5. The van der Waals surface area contributed by atoms with Crippen molar-refractivity contribution in [3.63, 3.8) is 0 Å². The van der Waals surface area contributed by atoms with Crippen molar-refractivity contribution in [2.45, 2.75) is 12.5 Å². The fraction of sp³-hybridized carbons (Fsp3) is 0.133. The summed E-state index contributed by atoms with van der Waals surface area (Å²) in [4.78, 5) is 10.8. The fourth-order valence-corrected chi connectivity index (χ4v) is 5.71. The van der Waals surface area contributed by atoms with Crippen molar-refractivity contribution in [1.82, 2.24) is 0 Å². The molecule has 0 bridgehead atoms. The van der Waals surface area contributed by atoms with E-state index in [-0.39, 0.29) is 47.2 Å². The normalized spacial score (nSPS) is 11.1. The Morgan fingerprint density at radius 1 is 1.08 bits per heavy atom. The Labute approximate surface area is 227 Å². The molecule has 0 aliphatic heterocycles. The first-order chi connectivity index (χ1) is 11.2. The number of phenolic OH excluding ortho intramolecular Hbond substituents is 1. The predicted octanol–water partition coefficient (Wildman–Crippen LogP) is -0.598. The molecule has 0 aliphatic rings. The minimum atomic E-state index is -1.27. The van der Waals surface area contributed by atoms with Crippen molar-refractivity contribution in [2.75, 3.05) is 0 Å². The molecule has 5 N–H and O–H groups in total. The van der Waals surface area contributed by atoms with Crippen LogP contribution < -0.4 is 45.1 Å². The first kappa shape index (κ1) is 27.4. The maximum absolute atomic E-state index is 10.8. The SMILES string of the molecule is NC(Cc1cc(I)c(Oc2cc(I)c(O)c(I)c2)c(I)c1)C(=O)[O-].O.[Na+]. The van der Waals surface area contributed by atoms with E-state index in [0.717, 1.165) is 12.7 Å². The van der Waals surface area contributed by atoms with Gasteiger partial charge >= 0.3 is 29.6 Å². The molecule has 136 valence electrons. The van der Waals surface area contributed by atoms with Crippen LogP contribution >= 0.6 is 90.4 Å². The Kier molecular flexibility index (Phi) is 12.8. The maximum atomic E-state index is 10.8. The summed E-state index contributed by atoms with van der Waals surface area (Å²) in [5.41, 5.74) is 6.34. The van der Waals surface area contributed by atoms with Crippen molar-refractivity contribution in [2.24, 2.45) is 5.73 Å². The monoisotopic (exact) mass is 817 g/mol. The van der Waals surface area contributed by atoms with Gasteiger partial charge in [0.05, 0.1) is 20.3 Å². The minimum Gasteiger partial charge on any atom is -0.548 e. The number of aliphatic carboxylic acids is 1. The van der Waals surface area contributed by atoms with Gasteiger partial charge in [-0.25, -0.2) is 0 Å². The molecule has 0 aromatic heterocycles. The molecule has 2 rings (SSSR count). The average Bonchev–Trinajstić information content (AvgIpc) is 2.48. The number of aromatic hydroxyl groups is 1. The molecule has 11 heteroatoms. The predicted molar refractivity (Wildman–Crippen MR) is 126 cm³/mol. The van der Waals surface area contributed by atoms with Crippen LogP contribution in [-0.4, -0.2) is 22.6 Å². The fourth-order valence-electron chi connectivity index (χ4n) is 1.88. The van der Waals surface area contributed by atoms with Crippen LogP contribution in [-0.2, 0) is 11.2 Å². The van der Waals surface area contributed by atoms with Gasteiger partial charge in [-0.2, -0.15) is 0 Å². The summed E-state index contributed by atoms with van der Waals surface area (Å²) >= 11 is 8.37. The zero-order valence-electron chi connectivity index (χ0n) is 13.4. The molecule has 2 aromatic carbocycles. The summed E-state index contributed by atoms with van der Waals surface area (Å²) in [5.74, 6) is 0.268. The molecule has 26 heavy (non-hydrogen) atoms. The number of nitrogens with two attached hydrogens (primary N) is 1. The second-order valence-electron chi connectivity index (χ2n) is 4.86. The molecule has 0 saturated carbocycles. The zero-order valence-corrected chi connectivity index (χ0v) is 24.0. The van der Waals surface area contributed by atoms with E-state index in [1.54, 1.807) is 12.1 Å². The molecule has 0 spiro atoms. The molecule has 0 fully saturated rings. The molecule has 0 saturated heterocycles. The van der Waals surface area contributed by atoms with Gasteiger partial charge in [0.2, 0.25) is 0 Å². The Morgan fingerprint density at radius 3 is 1.96 bits per heavy atom. The first-order valence-corrected chi connectivity index (χ1v) is 10.8. The summed E-state index contributed by atoms with van der Waals surface area (Å²) in [5, 5.41) is 20.6. The van der Waals surface area contributed by atoms with E-state index in [0.29, 0.717) is 18.6 Å². The number of carbonyl (C=O) groups excluding carboxylic acids is 1. The standard InChI is InChI=1S/C15H11I4NO4.Na.H2O/c16-8-4-7(5-9(17)13(8)21)24-14-10(18)1-6(2-11(14)19)3-12(20)15(22)23;;/h1-2,4-5,12,21H,3,20H2,(H,22,23);;1H2/q;+1;/p-1. The number of hydrogen-bond acceptors (Lipinski definition) is 5. The molecule has 0 aliphatic carbocycles. The summed E-state index contributed by atoms with van der Waals surface area (Å²) in [6.45, 7) is 0. The zero-order chi connectivity index (χ0) is 18.0. The van der Waals surface area contributed by atoms with Gasteiger partial charge in [-0.05, 0) is 127 Å². The van der Waals surface area contributed by atoms with Crippen LogP contribution in [0.25, 0.3) is 0 Å². The van der Waals surface area contributed by atoms with Gasteiger partial charge in [-0.1, -0.05) is 0 Å². The van der Waals surface area contributed by atoms with E-state index in [1.807, 2.05) is 57.3 Å². The van der Waals surface area contributed by atoms with Gasteiger partial charge in [0.1, 0.15) is 11.5 Å². The largest absolute Gasteiger partial charge is 1.00 e. The van der Waals surface area contributed by atoms with Crippen molar-refractivity contribution >= 4 is 96.3 Å².